The number of hydrogen-bond donors (Lipinski definition) is 1. The van der Waals surface area contributed by atoms with E-state index >= 15 is 0 Å². The second kappa shape index (κ2) is 2.21. The van der Waals surface area contributed by atoms with Gasteiger partial charge in [-0.25, -0.2) is 0 Å². The summed E-state index contributed by atoms with van der Waals surface area (Å²) in [5.74, 6) is -0.0844. The maximum absolute atomic E-state index is 10.4. The molecule has 1 aliphatic heterocycles. The zero-order valence-electron chi connectivity index (χ0n) is 4.89. The summed E-state index contributed by atoms with van der Waals surface area (Å²) < 4.78 is 0. The topological polar surface area (TPSA) is 46.2 Å². The van der Waals surface area contributed by atoms with Gasteiger partial charge in [0.25, 0.3) is 0 Å². The highest BCUT2D eigenvalue weighted by Crippen LogP contribution is 2.05. The molecule has 0 aromatic carbocycles. The average molecular weight is 123 g/mol. The van der Waals surface area contributed by atoms with E-state index in [-0.39, 0.29) is 5.91 Å². The van der Waals surface area contributed by atoms with E-state index in [1.54, 1.807) is 0 Å². The number of hydrogen-bond acceptors (Lipinski definition) is 2. The van der Waals surface area contributed by atoms with Crippen LogP contribution in [0.25, 0.3) is 0 Å². The summed E-state index contributed by atoms with van der Waals surface area (Å²) >= 11 is 0. The van der Waals surface area contributed by atoms with Crippen LogP contribution in [0.4, 0.5) is 0 Å². The van der Waals surface area contributed by atoms with Crippen molar-refractivity contribution in [3.8, 4) is 0 Å². The molecule has 1 aliphatic rings. The van der Waals surface area contributed by atoms with Crippen LogP contribution in [0.5, 0.6) is 0 Å². The zero-order chi connectivity index (χ0) is 6.85. The van der Waals surface area contributed by atoms with Gasteiger partial charge in [0.05, 0.1) is 11.7 Å². The molecule has 1 atom stereocenters. The highest BCUT2D eigenvalue weighted by molar-refractivity contribution is 6.59. The minimum absolute atomic E-state index is 0.0844. The molecule has 0 bridgehead atoms. The Morgan fingerprint density at radius 2 is 2.44 bits per heavy atom. The lowest BCUT2D eigenvalue weighted by atomic mass is 9.94. The number of rotatable bonds is 1. The molecule has 1 heterocycles. The third kappa shape index (κ3) is 1.31. The van der Waals surface area contributed by atoms with Crippen molar-refractivity contribution < 1.29 is 9.59 Å². The molecule has 1 fully saturated rings. The van der Waals surface area contributed by atoms with Gasteiger partial charge >= 0.3 is 0 Å². The standard InChI is InChI=1S/C5H6BNO2/c6-5(9)3-1-2-4(8)7-3/h3H,1-2H2,(H,7,8). The summed E-state index contributed by atoms with van der Waals surface area (Å²) in [7, 11) is 4.91. The van der Waals surface area contributed by atoms with Gasteiger partial charge in [0, 0.05) is 6.42 Å². The number of nitrogens with one attached hydrogen (secondary N) is 1. The van der Waals surface area contributed by atoms with Crippen LogP contribution >= 0.6 is 0 Å². The molecule has 1 rings (SSSR count). The van der Waals surface area contributed by atoms with Crippen molar-refractivity contribution in [3.05, 3.63) is 0 Å². The van der Waals surface area contributed by atoms with Gasteiger partial charge in [0.15, 0.2) is 7.85 Å². The van der Waals surface area contributed by atoms with E-state index in [1.165, 1.54) is 0 Å². The minimum Gasteiger partial charge on any atom is -0.347 e. The summed E-state index contributed by atoms with van der Waals surface area (Å²) in [5, 5.41) is 2.44. The first-order valence-electron chi connectivity index (χ1n) is 2.79. The average Bonchev–Trinajstić information content (AvgIpc) is 2.14. The van der Waals surface area contributed by atoms with Crippen molar-refractivity contribution in [2.75, 3.05) is 0 Å². The maximum Gasteiger partial charge on any atom is 0.220 e. The maximum atomic E-state index is 10.4. The SMILES string of the molecule is [B]C(=O)C1CCC(=O)N1. The summed E-state index contributed by atoms with van der Waals surface area (Å²) in [6.45, 7) is 0. The van der Waals surface area contributed by atoms with E-state index in [9.17, 15) is 9.59 Å². The van der Waals surface area contributed by atoms with Crippen LogP contribution in [0.3, 0.4) is 0 Å². The lowest BCUT2D eigenvalue weighted by Crippen LogP contribution is -2.32. The van der Waals surface area contributed by atoms with Gasteiger partial charge in [-0.15, -0.1) is 0 Å². The predicted octanol–water partition coefficient (Wildman–Crippen LogP) is -1.04. The van der Waals surface area contributed by atoms with Crippen molar-refractivity contribution in [2.24, 2.45) is 0 Å². The first kappa shape index (κ1) is 6.33. The third-order valence-electron chi connectivity index (χ3n) is 1.34. The van der Waals surface area contributed by atoms with Crippen LogP contribution in [-0.2, 0) is 9.59 Å². The Morgan fingerprint density at radius 1 is 1.78 bits per heavy atom. The molecule has 1 amide bonds. The van der Waals surface area contributed by atoms with Gasteiger partial charge in [0.1, 0.15) is 0 Å². The largest absolute Gasteiger partial charge is 0.347 e. The summed E-state index contributed by atoms with van der Waals surface area (Å²) in [6, 6.07) is -0.419. The molecular formula is C5H6BNO2. The van der Waals surface area contributed by atoms with Gasteiger partial charge in [-0.3, -0.25) is 4.79 Å². The molecule has 46 valence electrons. The smallest absolute Gasteiger partial charge is 0.220 e. The van der Waals surface area contributed by atoms with E-state index in [2.05, 4.69) is 5.32 Å². The molecule has 2 radical (unpaired) electrons. The molecule has 0 saturated carbocycles. The first-order chi connectivity index (χ1) is 4.20. The Hall–Kier alpha value is -0.795. The molecule has 0 aromatic heterocycles. The predicted molar refractivity (Wildman–Crippen MR) is 31.9 cm³/mol. The van der Waals surface area contributed by atoms with Gasteiger partial charge in [0.2, 0.25) is 5.91 Å². The Labute approximate surface area is 54.2 Å². The quantitative estimate of drug-likeness (QED) is 0.452. The van der Waals surface area contributed by atoms with Gasteiger partial charge in [-0.1, -0.05) is 0 Å². The fraction of sp³-hybridized carbons (Fsp3) is 0.600. The normalized spacial score (nSPS) is 25.8. The number of carbonyl (C=O) groups excluding carboxylic acids is 2. The molecule has 0 aliphatic carbocycles. The van der Waals surface area contributed by atoms with E-state index in [0.717, 1.165) is 0 Å². The van der Waals surface area contributed by atoms with Crippen LogP contribution in [0.15, 0.2) is 0 Å². The summed E-state index contributed by atoms with van der Waals surface area (Å²) in [6.07, 6.45) is 0.974. The minimum atomic E-state index is -0.444. The Kier molecular flexibility index (Phi) is 1.55. The lowest BCUT2D eigenvalue weighted by Gasteiger charge is -2.02. The van der Waals surface area contributed by atoms with Crippen LogP contribution in [0.2, 0.25) is 0 Å². The van der Waals surface area contributed by atoms with Crippen molar-refractivity contribution >= 4 is 19.4 Å². The van der Waals surface area contributed by atoms with Crippen LogP contribution in [-0.4, -0.2) is 25.5 Å². The lowest BCUT2D eigenvalue weighted by molar-refractivity contribution is -0.121. The van der Waals surface area contributed by atoms with E-state index < -0.39 is 11.7 Å². The highest BCUT2D eigenvalue weighted by Gasteiger charge is 2.22. The molecule has 4 heteroatoms. The zero-order valence-corrected chi connectivity index (χ0v) is 4.89. The van der Waals surface area contributed by atoms with Crippen LogP contribution in [0.1, 0.15) is 12.8 Å². The van der Waals surface area contributed by atoms with Gasteiger partial charge in [-0.2, -0.15) is 0 Å². The number of amides is 1. The molecule has 1 N–H and O–H groups in total. The van der Waals surface area contributed by atoms with E-state index in [1.807, 2.05) is 0 Å². The molecule has 3 nitrogen and oxygen atoms in total. The van der Waals surface area contributed by atoms with Crippen LogP contribution < -0.4 is 5.32 Å². The Morgan fingerprint density at radius 3 is 2.67 bits per heavy atom. The third-order valence-corrected chi connectivity index (χ3v) is 1.34. The molecule has 0 aromatic rings. The molecule has 9 heavy (non-hydrogen) atoms. The Bertz CT molecular complexity index is 157. The summed E-state index contributed by atoms with van der Waals surface area (Å²) in [4.78, 5) is 20.8. The molecule has 0 spiro atoms. The highest BCUT2D eigenvalue weighted by atomic mass is 16.2. The fourth-order valence-corrected chi connectivity index (χ4v) is 0.827. The van der Waals surface area contributed by atoms with Crippen molar-refractivity contribution in [3.63, 3.8) is 0 Å². The molecular weight excluding hydrogens is 117 g/mol. The summed E-state index contributed by atoms with van der Waals surface area (Å²) in [5.41, 5.74) is -0.444. The fourth-order valence-electron chi connectivity index (χ4n) is 0.827. The monoisotopic (exact) mass is 123 g/mol. The van der Waals surface area contributed by atoms with Crippen molar-refractivity contribution in [1.82, 2.24) is 5.32 Å². The Balaban J connectivity index is 2.48. The van der Waals surface area contributed by atoms with Gasteiger partial charge in [-0.05, 0) is 6.42 Å². The van der Waals surface area contributed by atoms with Crippen molar-refractivity contribution in [2.45, 2.75) is 18.9 Å². The van der Waals surface area contributed by atoms with Crippen LogP contribution in [0, 0.1) is 0 Å². The first-order valence-corrected chi connectivity index (χ1v) is 2.79. The van der Waals surface area contributed by atoms with Gasteiger partial charge < -0.3 is 10.1 Å². The second-order valence-corrected chi connectivity index (χ2v) is 2.06. The number of carbonyl (C=O) groups is 2. The molecule has 1 saturated heterocycles. The van der Waals surface area contributed by atoms with E-state index in [0.29, 0.717) is 12.8 Å². The van der Waals surface area contributed by atoms with E-state index in [4.69, 9.17) is 7.85 Å². The molecule has 1 unspecified atom stereocenters. The second-order valence-electron chi connectivity index (χ2n) is 2.06. The van der Waals surface area contributed by atoms with Crippen molar-refractivity contribution in [1.29, 1.82) is 0 Å².